The third-order valence-corrected chi connectivity index (χ3v) is 6.21. The fraction of sp³-hybridized carbons (Fsp3) is 0.571. The number of thiophene rings is 1. The number of aryl methyl sites for hydroxylation is 1. The lowest BCUT2D eigenvalue weighted by Crippen LogP contribution is -2.21. The first-order valence-electron chi connectivity index (χ1n) is 6.96. The molecule has 1 aliphatic heterocycles. The van der Waals surface area contributed by atoms with E-state index in [1.165, 1.54) is 41.1 Å². The van der Waals surface area contributed by atoms with E-state index >= 15 is 0 Å². The first-order chi connectivity index (χ1) is 9.31. The number of aromatic nitrogens is 2. The molecule has 2 aromatic rings. The second kappa shape index (κ2) is 4.56. The molecular weight excluding hydrogens is 274 g/mol. The minimum Gasteiger partial charge on any atom is -0.339 e. The second-order valence-corrected chi connectivity index (χ2v) is 7.51. The summed E-state index contributed by atoms with van der Waals surface area (Å²) in [5.74, 6) is 0.719. The van der Waals surface area contributed by atoms with Crippen molar-refractivity contribution in [3.05, 3.63) is 26.9 Å². The summed E-state index contributed by atoms with van der Waals surface area (Å²) in [4.78, 5) is 3.95. The molecule has 100 valence electrons. The molecule has 3 nitrogen and oxygen atoms in total. The Balaban J connectivity index is 1.61. The van der Waals surface area contributed by atoms with Crippen molar-refractivity contribution in [1.82, 2.24) is 10.2 Å². The molecule has 0 aromatic carbocycles. The van der Waals surface area contributed by atoms with Crippen LogP contribution in [0.4, 0.5) is 5.13 Å². The molecule has 1 aliphatic carbocycles. The Morgan fingerprint density at radius 2 is 2.16 bits per heavy atom. The van der Waals surface area contributed by atoms with E-state index in [2.05, 4.69) is 33.5 Å². The van der Waals surface area contributed by atoms with E-state index in [-0.39, 0.29) is 0 Å². The lowest BCUT2D eigenvalue weighted by Gasteiger charge is -2.22. The molecule has 1 unspecified atom stereocenters. The van der Waals surface area contributed by atoms with E-state index in [1.54, 1.807) is 0 Å². The van der Waals surface area contributed by atoms with E-state index in [9.17, 15) is 0 Å². The molecule has 5 heteroatoms. The van der Waals surface area contributed by atoms with Gasteiger partial charge in [0.15, 0.2) is 0 Å². The van der Waals surface area contributed by atoms with Crippen LogP contribution in [0.3, 0.4) is 0 Å². The van der Waals surface area contributed by atoms with Crippen LogP contribution in [-0.2, 0) is 0 Å². The Morgan fingerprint density at radius 3 is 2.89 bits per heavy atom. The highest BCUT2D eigenvalue weighted by molar-refractivity contribution is 7.15. The summed E-state index contributed by atoms with van der Waals surface area (Å²) in [6.45, 7) is 3.30. The molecule has 1 saturated heterocycles. The van der Waals surface area contributed by atoms with Crippen molar-refractivity contribution in [3.63, 3.8) is 0 Å². The van der Waals surface area contributed by atoms with E-state index in [0.29, 0.717) is 6.04 Å². The summed E-state index contributed by atoms with van der Waals surface area (Å²) in [5.41, 5.74) is 1.38. The molecule has 4 rings (SSSR count). The number of rotatable bonds is 3. The van der Waals surface area contributed by atoms with Gasteiger partial charge in [-0.15, -0.1) is 21.5 Å². The van der Waals surface area contributed by atoms with E-state index in [0.717, 1.165) is 17.6 Å². The van der Waals surface area contributed by atoms with Crippen molar-refractivity contribution in [1.29, 1.82) is 0 Å². The zero-order valence-electron chi connectivity index (χ0n) is 11.0. The maximum absolute atomic E-state index is 4.44. The van der Waals surface area contributed by atoms with Crippen LogP contribution in [0.2, 0.25) is 0 Å². The summed E-state index contributed by atoms with van der Waals surface area (Å²) in [6, 6.07) is 2.86. The quantitative estimate of drug-likeness (QED) is 0.851. The molecule has 1 saturated carbocycles. The van der Waals surface area contributed by atoms with Gasteiger partial charge in [0.05, 0.1) is 6.04 Å². The van der Waals surface area contributed by atoms with Gasteiger partial charge in [-0.1, -0.05) is 11.3 Å². The summed E-state index contributed by atoms with van der Waals surface area (Å²) in [6.07, 6.45) is 5.13. The summed E-state index contributed by atoms with van der Waals surface area (Å²) in [5, 5.41) is 13.5. The highest BCUT2D eigenvalue weighted by Crippen LogP contribution is 2.45. The maximum Gasteiger partial charge on any atom is 0.208 e. The zero-order chi connectivity index (χ0) is 12.8. The molecule has 19 heavy (non-hydrogen) atoms. The zero-order valence-corrected chi connectivity index (χ0v) is 12.6. The molecule has 1 atom stereocenters. The fourth-order valence-electron chi connectivity index (χ4n) is 2.76. The van der Waals surface area contributed by atoms with Crippen LogP contribution < -0.4 is 4.90 Å². The second-order valence-electron chi connectivity index (χ2n) is 5.57. The van der Waals surface area contributed by atoms with Gasteiger partial charge in [-0.25, -0.2) is 0 Å². The summed E-state index contributed by atoms with van der Waals surface area (Å²) >= 11 is 3.70. The van der Waals surface area contributed by atoms with Gasteiger partial charge >= 0.3 is 0 Å². The van der Waals surface area contributed by atoms with Crippen molar-refractivity contribution in [2.24, 2.45) is 0 Å². The molecular formula is C14H17N3S2. The van der Waals surface area contributed by atoms with Gasteiger partial charge in [0.1, 0.15) is 5.01 Å². The first kappa shape index (κ1) is 11.9. The van der Waals surface area contributed by atoms with E-state index in [1.807, 2.05) is 22.7 Å². The molecule has 0 bridgehead atoms. The molecule has 3 heterocycles. The fourth-order valence-corrected chi connectivity index (χ4v) is 4.89. The SMILES string of the molecule is Cc1csc(C2CCCN2c2nnc(C3CC3)s2)c1. The monoisotopic (exact) mass is 291 g/mol. The van der Waals surface area contributed by atoms with Crippen LogP contribution in [0.5, 0.6) is 0 Å². The molecule has 0 N–H and O–H groups in total. The number of hydrogen-bond donors (Lipinski definition) is 0. The standard InChI is InChI=1S/C14H17N3S2/c1-9-7-12(18-8-9)11-3-2-6-17(11)14-16-15-13(19-14)10-4-5-10/h7-8,10-11H,2-6H2,1H3. The van der Waals surface area contributed by atoms with Crippen LogP contribution >= 0.6 is 22.7 Å². The smallest absolute Gasteiger partial charge is 0.208 e. The van der Waals surface area contributed by atoms with Gasteiger partial charge in [0.25, 0.3) is 0 Å². The average molecular weight is 291 g/mol. The van der Waals surface area contributed by atoms with Gasteiger partial charge < -0.3 is 4.90 Å². The third kappa shape index (κ3) is 2.19. The van der Waals surface area contributed by atoms with Crippen molar-refractivity contribution in [2.45, 2.75) is 44.6 Å². The molecule has 2 aromatic heterocycles. The third-order valence-electron chi connectivity index (χ3n) is 3.93. The van der Waals surface area contributed by atoms with Gasteiger partial charge in [-0.3, -0.25) is 0 Å². The van der Waals surface area contributed by atoms with Crippen molar-refractivity contribution < 1.29 is 0 Å². The lowest BCUT2D eigenvalue weighted by molar-refractivity contribution is 0.726. The minimum atomic E-state index is 0.527. The highest BCUT2D eigenvalue weighted by atomic mass is 32.1. The lowest BCUT2D eigenvalue weighted by atomic mass is 10.2. The molecule has 0 spiro atoms. The Kier molecular flexibility index (Phi) is 2.84. The maximum atomic E-state index is 4.44. The van der Waals surface area contributed by atoms with Crippen molar-refractivity contribution >= 4 is 27.8 Å². The van der Waals surface area contributed by atoms with Crippen molar-refractivity contribution in [3.8, 4) is 0 Å². The normalized spacial score (nSPS) is 23.2. The topological polar surface area (TPSA) is 29.0 Å². The highest BCUT2D eigenvalue weighted by Gasteiger charge is 2.32. The van der Waals surface area contributed by atoms with Gasteiger partial charge in [0.2, 0.25) is 5.13 Å². The van der Waals surface area contributed by atoms with Crippen LogP contribution in [-0.4, -0.2) is 16.7 Å². The van der Waals surface area contributed by atoms with Crippen LogP contribution in [0, 0.1) is 6.92 Å². The predicted octanol–water partition coefficient (Wildman–Crippen LogP) is 4.13. The molecule has 0 amide bonds. The first-order valence-corrected chi connectivity index (χ1v) is 8.66. The largest absolute Gasteiger partial charge is 0.339 e. The number of hydrogen-bond acceptors (Lipinski definition) is 5. The molecule has 0 radical (unpaired) electrons. The van der Waals surface area contributed by atoms with Gasteiger partial charge in [0, 0.05) is 17.3 Å². The summed E-state index contributed by atoms with van der Waals surface area (Å²) in [7, 11) is 0. The number of nitrogens with zero attached hydrogens (tertiary/aromatic N) is 3. The Morgan fingerprint density at radius 1 is 1.26 bits per heavy atom. The van der Waals surface area contributed by atoms with Crippen LogP contribution in [0.15, 0.2) is 11.4 Å². The van der Waals surface area contributed by atoms with Crippen LogP contribution in [0.25, 0.3) is 0 Å². The summed E-state index contributed by atoms with van der Waals surface area (Å²) < 4.78 is 0. The Hall–Kier alpha value is -0.940. The molecule has 2 fully saturated rings. The Labute approximate surface area is 121 Å². The van der Waals surface area contributed by atoms with Gasteiger partial charge in [-0.05, 0) is 49.6 Å². The average Bonchev–Trinajstić information content (AvgIpc) is 2.84. The van der Waals surface area contributed by atoms with E-state index < -0.39 is 0 Å². The minimum absolute atomic E-state index is 0.527. The molecule has 2 aliphatic rings. The van der Waals surface area contributed by atoms with E-state index in [4.69, 9.17) is 0 Å². The van der Waals surface area contributed by atoms with Gasteiger partial charge in [-0.2, -0.15) is 0 Å². The van der Waals surface area contributed by atoms with Crippen molar-refractivity contribution in [2.75, 3.05) is 11.4 Å². The predicted molar refractivity (Wildman–Crippen MR) is 80.3 cm³/mol. The van der Waals surface area contributed by atoms with Crippen LogP contribution in [0.1, 0.15) is 53.1 Å². The number of anilines is 1. The Bertz CT molecular complexity index is 585.